The number of benzene rings is 1. The smallest absolute Gasteiger partial charge is 0.248 e. The molecular formula is C13H18ClF2NO2. The first kappa shape index (κ1) is 15.8. The van der Waals surface area contributed by atoms with Gasteiger partial charge in [-0.05, 0) is 25.0 Å². The van der Waals surface area contributed by atoms with Crippen LogP contribution in [0.25, 0.3) is 0 Å². The van der Waals surface area contributed by atoms with Crippen LogP contribution in [0.1, 0.15) is 25.7 Å². The Labute approximate surface area is 117 Å². The molecule has 19 heavy (non-hydrogen) atoms. The molecule has 2 rings (SSSR count). The average Bonchev–Trinajstić information content (AvgIpc) is 2.32. The molecule has 1 aliphatic rings. The Morgan fingerprint density at radius 2 is 1.89 bits per heavy atom. The number of alkyl halides is 2. The molecule has 0 bridgehead atoms. The van der Waals surface area contributed by atoms with Gasteiger partial charge in [0.15, 0.2) is 0 Å². The molecule has 0 atom stereocenters. The van der Waals surface area contributed by atoms with Gasteiger partial charge in [0.05, 0.1) is 18.9 Å². The molecule has 1 aliphatic carbocycles. The molecule has 1 aromatic rings. The van der Waals surface area contributed by atoms with Crippen LogP contribution < -0.4 is 15.2 Å². The lowest BCUT2D eigenvalue weighted by molar-refractivity contribution is -0.0582. The number of ether oxygens (including phenoxy) is 2. The van der Waals surface area contributed by atoms with Crippen molar-refractivity contribution in [3.05, 3.63) is 18.2 Å². The maximum absolute atomic E-state index is 13.0. The summed E-state index contributed by atoms with van der Waals surface area (Å²) in [5, 5.41) is 0. The third-order valence-corrected chi connectivity index (χ3v) is 3.17. The van der Waals surface area contributed by atoms with Crippen molar-refractivity contribution < 1.29 is 18.3 Å². The summed E-state index contributed by atoms with van der Waals surface area (Å²) < 4.78 is 36.7. The van der Waals surface area contributed by atoms with E-state index in [2.05, 4.69) is 0 Å². The van der Waals surface area contributed by atoms with Gasteiger partial charge in [0.2, 0.25) is 5.92 Å². The van der Waals surface area contributed by atoms with E-state index in [0.29, 0.717) is 30.0 Å². The summed E-state index contributed by atoms with van der Waals surface area (Å²) in [5.74, 6) is -1.35. The molecular weight excluding hydrogens is 276 g/mol. The Balaban J connectivity index is 0.00000180. The lowest BCUT2D eigenvalue weighted by Crippen LogP contribution is -2.30. The molecule has 0 unspecified atom stereocenters. The van der Waals surface area contributed by atoms with E-state index in [1.54, 1.807) is 18.2 Å². The van der Waals surface area contributed by atoms with Crippen molar-refractivity contribution in [2.75, 3.05) is 12.8 Å². The van der Waals surface area contributed by atoms with E-state index in [9.17, 15) is 8.78 Å². The standard InChI is InChI=1S/C13H17F2NO2.ClH/c1-17-12-3-2-10(8-11(12)16)18-9-4-6-13(14,15)7-5-9;/h2-3,8-9H,4-7,16H2,1H3;1H. The number of halogens is 3. The first-order valence-electron chi connectivity index (χ1n) is 5.98. The van der Waals surface area contributed by atoms with E-state index in [0.717, 1.165) is 0 Å². The van der Waals surface area contributed by atoms with Crippen molar-refractivity contribution in [3.63, 3.8) is 0 Å². The van der Waals surface area contributed by atoms with Gasteiger partial charge in [0, 0.05) is 18.9 Å². The quantitative estimate of drug-likeness (QED) is 0.865. The van der Waals surface area contributed by atoms with Crippen LogP contribution in [0, 0.1) is 0 Å². The zero-order chi connectivity index (χ0) is 13.2. The number of hydrogen-bond acceptors (Lipinski definition) is 3. The van der Waals surface area contributed by atoms with Gasteiger partial charge in [-0.2, -0.15) is 0 Å². The largest absolute Gasteiger partial charge is 0.495 e. The van der Waals surface area contributed by atoms with Gasteiger partial charge >= 0.3 is 0 Å². The third-order valence-electron chi connectivity index (χ3n) is 3.17. The molecule has 1 saturated carbocycles. The zero-order valence-electron chi connectivity index (χ0n) is 10.7. The molecule has 0 spiro atoms. The molecule has 0 aliphatic heterocycles. The molecule has 6 heteroatoms. The Kier molecular flexibility index (Phi) is 5.23. The Hall–Kier alpha value is -1.23. The maximum atomic E-state index is 13.0. The fraction of sp³-hybridized carbons (Fsp3) is 0.538. The Morgan fingerprint density at radius 3 is 2.42 bits per heavy atom. The van der Waals surface area contributed by atoms with Crippen LogP contribution in [0.5, 0.6) is 11.5 Å². The summed E-state index contributed by atoms with van der Waals surface area (Å²) in [4.78, 5) is 0. The molecule has 1 aromatic carbocycles. The number of methoxy groups -OCH3 is 1. The van der Waals surface area contributed by atoms with Gasteiger partial charge in [-0.25, -0.2) is 8.78 Å². The highest BCUT2D eigenvalue weighted by atomic mass is 35.5. The fourth-order valence-electron chi connectivity index (χ4n) is 2.11. The summed E-state index contributed by atoms with van der Waals surface area (Å²) in [6, 6.07) is 5.11. The molecule has 0 heterocycles. The minimum atomic E-state index is -2.53. The average molecular weight is 294 g/mol. The summed E-state index contributed by atoms with van der Waals surface area (Å²) in [5.41, 5.74) is 6.24. The van der Waals surface area contributed by atoms with Gasteiger partial charge in [-0.15, -0.1) is 12.4 Å². The molecule has 3 nitrogen and oxygen atoms in total. The van der Waals surface area contributed by atoms with Gasteiger partial charge in [-0.3, -0.25) is 0 Å². The first-order valence-corrected chi connectivity index (χ1v) is 5.98. The van der Waals surface area contributed by atoms with Gasteiger partial charge in [-0.1, -0.05) is 0 Å². The molecule has 108 valence electrons. The zero-order valence-corrected chi connectivity index (χ0v) is 11.5. The lowest BCUT2D eigenvalue weighted by Gasteiger charge is -2.28. The van der Waals surface area contributed by atoms with Crippen LogP contribution in [0.4, 0.5) is 14.5 Å². The minimum Gasteiger partial charge on any atom is -0.495 e. The second kappa shape index (κ2) is 6.28. The monoisotopic (exact) mass is 293 g/mol. The van der Waals surface area contributed by atoms with Gasteiger partial charge < -0.3 is 15.2 Å². The second-order valence-electron chi connectivity index (χ2n) is 4.58. The van der Waals surface area contributed by atoms with Crippen LogP contribution in [-0.2, 0) is 0 Å². The molecule has 1 fully saturated rings. The van der Waals surface area contributed by atoms with Crippen LogP contribution in [-0.4, -0.2) is 19.1 Å². The summed E-state index contributed by atoms with van der Waals surface area (Å²) in [6.45, 7) is 0. The van der Waals surface area contributed by atoms with E-state index < -0.39 is 5.92 Å². The molecule has 2 N–H and O–H groups in total. The van der Waals surface area contributed by atoms with Crippen molar-refractivity contribution in [3.8, 4) is 11.5 Å². The van der Waals surface area contributed by atoms with Crippen molar-refractivity contribution >= 4 is 18.1 Å². The predicted octanol–water partition coefficient (Wildman–Crippen LogP) is 3.66. The lowest BCUT2D eigenvalue weighted by atomic mass is 9.94. The molecule has 0 radical (unpaired) electrons. The normalized spacial score (nSPS) is 18.5. The number of rotatable bonds is 3. The van der Waals surface area contributed by atoms with Crippen LogP contribution >= 0.6 is 12.4 Å². The molecule has 0 amide bonds. The second-order valence-corrected chi connectivity index (χ2v) is 4.58. The topological polar surface area (TPSA) is 44.5 Å². The van der Waals surface area contributed by atoms with Crippen molar-refractivity contribution in [1.29, 1.82) is 0 Å². The Bertz CT molecular complexity index is 419. The van der Waals surface area contributed by atoms with E-state index >= 15 is 0 Å². The highest BCUT2D eigenvalue weighted by Gasteiger charge is 2.35. The van der Waals surface area contributed by atoms with E-state index in [-0.39, 0.29) is 31.4 Å². The Morgan fingerprint density at radius 1 is 1.26 bits per heavy atom. The number of nitrogen functional groups attached to an aromatic ring is 1. The van der Waals surface area contributed by atoms with Crippen LogP contribution in [0.2, 0.25) is 0 Å². The summed E-state index contributed by atoms with van der Waals surface area (Å²) in [6.07, 6.45) is 0.377. The summed E-state index contributed by atoms with van der Waals surface area (Å²) >= 11 is 0. The van der Waals surface area contributed by atoms with Crippen molar-refractivity contribution in [2.24, 2.45) is 0 Å². The number of nitrogens with two attached hydrogens (primary N) is 1. The minimum absolute atomic E-state index is 0. The van der Waals surface area contributed by atoms with Crippen molar-refractivity contribution in [2.45, 2.75) is 37.7 Å². The van der Waals surface area contributed by atoms with Crippen LogP contribution in [0.3, 0.4) is 0 Å². The highest BCUT2D eigenvalue weighted by Crippen LogP contribution is 2.35. The van der Waals surface area contributed by atoms with Crippen molar-refractivity contribution in [1.82, 2.24) is 0 Å². The number of anilines is 1. The maximum Gasteiger partial charge on any atom is 0.248 e. The highest BCUT2D eigenvalue weighted by molar-refractivity contribution is 5.85. The fourth-order valence-corrected chi connectivity index (χ4v) is 2.11. The summed E-state index contributed by atoms with van der Waals surface area (Å²) in [7, 11) is 1.54. The SMILES string of the molecule is COc1ccc(OC2CCC(F)(F)CC2)cc1N.Cl. The van der Waals surface area contributed by atoms with E-state index in [1.165, 1.54) is 7.11 Å². The van der Waals surface area contributed by atoms with E-state index in [4.69, 9.17) is 15.2 Å². The molecule has 0 aromatic heterocycles. The van der Waals surface area contributed by atoms with Crippen LogP contribution in [0.15, 0.2) is 18.2 Å². The molecule has 0 saturated heterocycles. The predicted molar refractivity (Wildman–Crippen MR) is 72.5 cm³/mol. The van der Waals surface area contributed by atoms with Gasteiger partial charge in [0.25, 0.3) is 0 Å². The first-order chi connectivity index (χ1) is 8.50. The van der Waals surface area contributed by atoms with Gasteiger partial charge in [0.1, 0.15) is 11.5 Å². The third kappa shape index (κ3) is 4.13. The number of hydrogen-bond donors (Lipinski definition) is 1. The van der Waals surface area contributed by atoms with E-state index in [1.807, 2.05) is 0 Å².